The maximum absolute atomic E-state index is 13.6. The minimum Gasteiger partial charge on any atom is -0.352 e. The van der Waals surface area contributed by atoms with E-state index < -0.39 is 17.5 Å². The molecule has 2 amide bonds. The summed E-state index contributed by atoms with van der Waals surface area (Å²) in [5, 5.41) is 2.57. The third-order valence-electron chi connectivity index (χ3n) is 4.87. The van der Waals surface area contributed by atoms with Crippen molar-refractivity contribution >= 4 is 17.5 Å². The van der Waals surface area contributed by atoms with Gasteiger partial charge >= 0.3 is 0 Å². The van der Waals surface area contributed by atoms with Crippen molar-refractivity contribution in [2.75, 3.05) is 18.0 Å². The number of hydrogen-bond donors (Lipinski definition) is 1. The number of fused-ring (bicyclic) bond motifs is 1. The molecule has 2 aromatic carbocycles. The number of nitrogens with zero attached hydrogens (tertiary/aromatic N) is 1. The van der Waals surface area contributed by atoms with Crippen LogP contribution in [0.3, 0.4) is 0 Å². The van der Waals surface area contributed by atoms with Gasteiger partial charge in [-0.3, -0.25) is 9.59 Å². The van der Waals surface area contributed by atoms with E-state index >= 15 is 0 Å². The molecule has 1 heterocycles. The number of hydrogen-bond acceptors (Lipinski definition) is 2. The molecule has 0 aliphatic carbocycles. The predicted molar refractivity (Wildman–Crippen MR) is 99.8 cm³/mol. The summed E-state index contributed by atoms with van der Waals surface area (Å²) in [6.07, 6.45) is 1.65. The summed E-state index contributed by atoms with van der Waals surface area (Å²) in [7, 11) is 0. The van der Waals surface area contributed by atoms with Crippen LogP contribution in [0.4, 0.5) is 14.5 Å². The van der Waals surface area contributed by atoms with Gasteiger partial charge in [-0.2, -0.15) is 0 Å². The molecule has 1 unspecified atom stereocenters. The molecule has 0 fully saturated rings. The Balaban J connectivity index is 1.52. The molecule has 1 N–H and O–H groups in total. The van der Waals surface area contributed by atoms with Crippen molar-refractivity contribution in [3.63, 3.8) is 0 Å². The van der Waals surface area contributed by atoms with Crippen LogP contribution in [0.15, 0.2) is 42.5 Å². The summed E-state index contributed by atoms with van der Waals surface area (Å²) in [6.45, 7) is 3.09. The molecule has 3 rings (SSSR count). The van der Waals surface area contributed by atoms with Crippen LogP contribution in [0.2, 0.25) is 0 Å². The molecule has 0 spiro atoms. The second-order valence-corrected chi connectivity index (χ2v) is 6.78. The number of nitrogens with one attached hydrogen (secondary N) is 1. The molecule has 1 atom stereocenters. The number of anilines is 1. The fourth-order valence-electron chi connectivity index (χ4n) is 3.35. The maximum Gasteiger partial charge on any atom is 0.254 e. The largest absolute Gasteiger partial charge is 0.352 e. The van der Waals surface area contributed by atoms with Crippen LogP contribution in [-0.4, -0.2) is 24.9 Å². The number of halogens is 2. The van der Waals surface area contributed by atoms with Crippen LogP contribution >= 0.6 is 0 Å². The molecule has 0 aromatic heterocycles. The van der Waals surface area contributed by atoms with E-state index in [9.17, 15) is 18.4 Å². The molecule has 0 bridgehead atoms. The molecule has 1 aliphatic rings. The van der Waals surface area contributed by atoms with Crippen LogP contribution in [0.5, 0.6) is 0 Å². The first-order valence-corrected chi connectivity index (χ1v) is 9.10. The Morgan fingerprint density at radius 3 is 2.74 bits per heavy atom. The fraction of sp³-hybridized carbons (Fsp3) is 0.333. The van der Waals surface area contributed by atoms with Gasteiger partial charge in [0.25, 0.3) is 5.91 Å². The van der Waals surface area contributed by atoms with Gasteiger partial charge in [0.15, 0.2) is 0 Å². The van der Waals surface area contributed by atoms with Crippen molar-refractivity contribution in [1.82, 2.24) is 5.32 Å². The maximum atomic E-state index is 13.6. The first kappa shape index (κ1) is 19.0. The van der Waals surface area contributed by atoms with E-state index in [1.165, 1.54) is 5.56 Å². The van der Waals surface area contributed by atoms with Gasteiger partial charge in [0.05, 0.1) is 5.56 Å². The number of carbonyl (C=O) groups excluding carboxylic acids is 2. The van der Waals surface area contributed by atoms with E-state index in [1.807, 2.05) is 18.2 Å². The number of para-hydroxylation sites is 1. The van der Waals surface area contributed by atoms with E-state index in [1.54, 1.807) is 4.90 Å². The molecule has 0 saturated carbocycles. The fourth-order valence-corrected chi connectivity index (χ4v) is 3.35. The molecular formula is C21H22F2N2O2. The van der Waals surface area contributed by atoms with Gasteiger partial charge in [0.1, 0.15) is 11.6 Å². The Morgan fingerprint density at radius 1 is 1.19 bits per heavy atom. The van der Waals surface area contributed by atoms with Gasteiger partial charge in [-0.15, -0.1) is 0 Å². The third-order valence-corrected chi connectivity index (χ3v) is 4.87. The van der Waals surface area contributed by atoms with E-state index in [-0.39, 0.29) is 24.4 Å². The summed E-state index contributed by atoms with van der Waals surface area (Å²) in [5.74, 6) is -1.81. The topological polar surface area (TPSA) is 49.4 Å². The molecule has 0 radical (unpaired) electrons. The minimum absolute atomic E-state index is 0.0107. The quantitative estimate of drug-likeness (QED) is 0.806. The Labute approximate surface area is 157 Å². The summed E-state index contributed by atoms with van der Waals surface area (Å²) in [6, 6.07) is 10.7. The Morgan fingerprint density at radius 2 is 1.96 bits per heavy atom. The monoisotopic (exact) mass is 372 g/mol. The van der Waals surface area contributed by atoms with Crippen molar-refractivity contribution in [2.24, 2.45) is 0 Å². The lowest BCUT2D eigenvalue weighted by molar-refractivity contribution is -0.118. The average molecular weight is 372 g/mol. The van der Waals surface area contributed by atoms with Crippen LogP contribution in [-0.2, 0) is 4.79 Å². The van der Waals surface area contributed by atoms with Crippen LogP contribution in [0.1, 0.15) is 48.0 Å². The molecular weight excluding hydrogens is 350 g/mol. The van der Waals surface area contributed by atoms with Gasteiger partial charge in [0.2, 0.25) is 5.91 Å². The lowest BCUT2D eigenvalue weighted by Crippen LogP contribution is -2.36. The van der Waals surface area contributed by atoms with Crippen LogP contribution in [0.25, 0.3) is 0 Å². The molecule has 27 heavy (non-hydrogen) atoms. The van der Waals surface area contributed by atoms with Gasteiger partial charge in [-0.1, -0.05) is 25.1 Å². The highest BCUT2D eigenvalue weighted by Crippen LogP contribution is 2.35. The molecule has 4 nitrogen and oxygen atoms in total. The zero-order chi connectivity index (χ0) is 19.4. The molecule has 2 aromatic rings. The highest BCUT2D eigenvalue weighted by molar-refractivity contribution is 5.95. The van der Waals surface area contributed by atoms with E-state index in [0.717, 1.165) is 24.2 Å². The average Bonchev–Trinajstić information content (AvgIpc) is 2.65. The summed E-state index contributed by atoms with van der Waals surface area (Å²) >= 11 is 0. The highest BCUT2D eigenvalue weighted by atomic mass is 19.1. The lowest BCUT2D eigenvalue weighted by atomic mass is 9.91. The van der Waals surface area contributed by atoms with Crippen LogP contribution in [0, 0.1) is 11.6 Å². The molecule has 142 valence electrons. The van der Waals surface area contributed by atoms with Gasteiger partial charge < -0.3 is 10.2 Å². The summed E-state index contributed by atoms with van der Waals surface area (Å²) in [5.41, 5.74) is 1.93. The molecule has 1 aliphatic heterocycles. The molecule has 0 saturated heterocycles. The van der Waals surface area contributed by atoms with Crippen molar-refractivity contribution in [3.05, 3.63) is 65.2 Å². The Hall–Kier alpha value is -2.76. The highest BCUT2D eigenvalue weighted by Gasteiger charge is 2.25. The third kappa shape index (κ3) is 4.32. The Kier molecular flexibility index (Phi) is 5.84. The van der Waals surface area contributed by atoms with Crippen molar-refractivity contribution < 1.29 is 18.4 Å². The SMILES string of the molecule is CC1CCN(C(=O)CCCNC(=O)c2ccc(F)cc2F)c2ccccc21. The second-order valence-electron chi connectivity index (χ2n) is 6.78. The van der Waals surface area contributed by atoms with Gasteiger partial charge in [0, 0.05) is 31.3 Å². The first-order valence-electron chi connectivity index (χ1n) is 9.10. The standard InChI is InChI=1S/C21H22F2N2O2/c1-14-10-12-25(19-6-3-2-5-16(14)19)20(26)7-4-11-24-21(27)17-9-8-15(22)13-18(17)23/h2-3,5-6,8-9,13-14H,4,7,10-12H2,1H3,(H,24,27). The first-order chi connectivity index (χ1) is 13.0. The summed E-state index contributed by atoms with van der Waals surface area (Å²) < 4.78 is 26.5. The normalized spacial score (nSPS) is 16.0. The van der Waals surface area contributed by atoms with Crippen molar-refractivity contribution in [2.45, 2.75) is 32.1 Å². The number of amides is 2. The smallest absolute Gasteiger partial charge is 0.254 e. The zero-order valence-electron chi connectivity index (χ0n) is 15.2. The second kappa shape index (κ2) is 8.29. The number of benzene rings is 2. The predicted octanol–water partition coefficient (Wildman–Crippen LogP) is 4.02. The van der Waals surface area contributed by atoms with E-state index in [2.05, 4.69) is 18.3 Å². The Bertz CT molecular complexity index is 854. The van der Waals surface area contributed by atoms with Gasteiger partial charge in [-0.25, -0.2) is 8.78 Å². The lowest BCUT2D eigenvalue weighted by Gasteiger charge is -2.33. The van der Waals surface area contributed by atoms with Crippen molar-refractivity contribution in [3.8, 4) is 0 Å². The minimum atomic E-state index is -0.900. The van der Waals surface area contributed by atoms with E-state index in [4.69, 9.17) is 0 Å². The summed E-state index contributed by atoms with van der Waals surface area (Å²) in [4.78, 5) is 26.3. The van der Waals surface area contributed by atoms with Gasteiger partial charge in [-0.05, 0) is 42.5 Å². The van der Waals surface area contributed by atoms with Crippen LogP contribution < -0.4 is 10.2 Å². The molecule has 6 heteroatoms. The number of rotatable bonds is 5. The van der Waals surface area contributed by atoms with Crippen molar-refractivity contribution in [1.29, 1.82) is 0 Å². The number of carbonyl (C=O) groups is 2. The van der Waals surface area contributed by atoms with E-state index in [0.29, 0.717) is 24.9 Å². The zero-order valence-corrected chi connectivity index (χ0v) is 15.2.